The van der Waals surface area contributed by atoms with Crippen LogP contribution in [0.25, 0.3) is 0 Å². The normalized spacial score (nSPS) is 10.5. The van der Waals surface area contributed by atoms with Crippen molar-refractivity contribution in [1.29, 1.82) is 0 Å². The summed E-state index contributed by atoms with van der Waals surface area (Å²) in [6.07, 6.45) is 1.22. The Kier molecular flexibility index (Phi) is 6.62. The number of amides is 1. The molecule has 22 heavy (non-hydrogen) atoms. The molecule has 0 aliphatic carbocycles. The lowest BCUT2D eigenvalue weighted by Crippen LogP contribution is -2.23. The Morgan fingerprint density at radius 1 is 1.14 bits per heavy atom. The van der Waals surface area contributed by atoms with Crippen molar-refractivity contribution in [2.75, 3.05) is 7.11 Å². The molecule has 0 fully saturated rings. The van der Waals surface area contributed by atoms with Gasteiger partial charge in [-0.2, -0.15) is 0 Å². The highest BCUT2D eigenvalue weighted by Crippen LogP contribution is 2.17. The van der Waals surface area contributed by atoms with Gasteiger partial charge < -0.3 is 10.1 Å². The van der Waals surface area contributed by atoms with Gasteiger partial charge in [0.15, 0.2) is 0 Å². The summed E-state index contributed by atoms with van der Waals surface area (Å²) in [4.78, 5) is 12.0. The fraction of sp³-hybridized carbons (Fsp3) is 0.278. The SMILES string of the molecule is COCc1cccc(CNC(=O)CCc2ccccc2Br)c1. The highest BCUT2D eigenvalue weighted by Gasteiger charge is 2.05. The maximum atomic E-state index is 12.0. The Morgan fingerprint density at radius 2 is 1.91 bits per heavy atom. The minimum absolute atomic E-state index is 0.0629. The molecule has 0 aliphatic rings. The summed E-state index contributed by atoms with van der Waals surface area (Å²) in [7, 11) is 1.68. The van der Waals surface area contributed by atoms with E-state index in [2.05, 4.69) is 27.3 Å². The lowest BCUT2D eigenvalue weighted by atomic mass is 10.1. The molecule has 0 unspecified atom stereocenters. The Hall–Kier alpha value is -1.65. The first-order valence-electron chi connectivity index (χ1n) is 7.26. The molecule has 116 valence electrons. The molecule has 1 amide bonds. The molecule has 0 heterocycles. The van der Waals surface area contributed by atoms with Gasteiger partial charge in [0.05, 0.1) is 6.61 Å². The molecule has 0 radical (unpaired) electrons. The molecule has 1 N–H and O–H groups in total. The van der Waals surface area contributed by atoms with Crippen LogP contribution in [0.3, 0.4) is 0 Å². The van der Waals surface area contributed by atoms with Gasteiger partial charge in [-0.3, -0.25) is 4.79 Å². The van der Waals surface area contributed by atoms with Crippen molar-refractivity contribution in [1.82, 2.24) is 5.32 Å². The van der Waals surface area contributed by atoms with Gasteiger partial charge in [-0.1, -0.05) is 58.4 Å². The Morgan fingerprint density at radius 3 is 2.68 bits per heavy atom. The van der Waals surface area contributed by atoms with Crippen LogP contribution < -0.4 is 5.32 Å². The van der Waals surface area contributed by atoms with Crippen LogP contribution in [0.4, 0.5) is 0 Å². The zero-order valence-corrected chi connectivity index (χ0v) is 14.2. The van der Waals surface area contributed by atoms with Crippen LogP contribution >= 0.6 is 15.9 Å². The molecule has 0 bridgehead atoms. The first-order chi connectivity index (χ1) is 10.7. The smallest absolute Gasteiger partial charge is 0.220 e. The number of aryl methyl sites for hydroxylation is 1. The van der Waals surface area contributed by atoms with Crippen LogP contribution in [0.15, 0.2) is 53.0 Å². The number of ether oxygens (including phenoxy) is 1. The van der Waals surface area contributed by atoms with Crippen molar-refractivity contribution < 1.29 is 9.53 Å². The van der Waals surface area contributed by atoms with E-state index in [0.29, 0.717) is 19.6 Å². The van der Waals surface area contributed by atoms with Gasteiger partial charge in [-0.15, -0.1) is 0 Å². The molecule has 2 aromatic rings. The van der Waals surface area contributed by atoms with Crippen molar-refractivity contribution in [3.8, 4) is 0 Å². The van der Waals surface area contributed by atoms with Crippen LogP contribution in [-0.2, 0) is 29.1 Å². The molecular weight excluding hydrogens is 342 g/mol. The molecule has 2 aromatic carbocycles. The largest absolute Gasteiger partial charge is 0.380 e. The lowest BCUT2D eigenvalue weighted by Gasteiger charge is -2.08. The standard InChI is InChI=1S/C18H20BrNO2/c1-22-13-15-6-4-5-14(11-15)12-20-18(21)10-9-16-7-2-3-8-17(16)19/h2-8,11H,9-10,12-13H2,1H3,(H,20,21). The van der Waals surface area contributed by atoms with Gasteiger partial charge in [0.1, 0.15) is 0 Å². The van der Waals surface area contributed by atoms with Crippen molar-refractivity contribution in [2.45, 2.75) is 26.0 Å². The summed E-state index contributed by atoms with van der Waals surface area (Å²) >= 11 is 3.50. The molecule has 2 rings (SSSR count). The Labute approximate surface area is 139 Å². The van der Waals surface area contributed by atoms with E-state index in [9.17, 15) is 4.79 Å². The topological polar surface area (TPSA) is 38.3 Å². The number of rotatable bonds is 7. The van der Waals surface area contributed by atoms with Crippen LogP contribution in [0.5, 0.6) is 0 Å². The zero-order valence-electron chi connectivity index (χ0n) is 12.6. The summed E-state index contributed by atoms with van der Waals surface area (Å²) in [6, 6.07) is 16.0. The average molecular weight is 362 g/mol. The Bertz CT molecular complexity index is 628. The van der Waals surface area contributed by atoms with Crippen LogP contribution in [-0.4, -0.2) is 13.0 Å². The minimum Gasteiger partial charge on any atom is -0.380 e. The number of halogens is 1. The number of carbonyl (C=O) groups excluding carboxylic acids is 1. The van der Waals surface area contributed by atoms with E-state index in [1.165, 1.54) is 0 Å². The second kappa shape index (κ2) is 8.71. The van der Waals surface area contributed by atoms with Gasteiger partial charge in [0.25, 0.3) is 0 Å². The molecular formula is C18H20BrNO2. The van der Waals surface area contributed by atoms with E-state index in [4.69, 9.17) is 4.74 Å². The second-order valence-electron chi connectivity index (χ2n) is 5.12. The van der Waals surface area contributed by atoms with E-state index in [0.717, 1.165) is 27.6 Å². The molecule has 0 saturated heterocycles. The third kappa shape index (κ3) is 5.28. The maximum absolute atomic E-state index is 12.0. The van der Waals surface area contributed by atoms with E-state index >= 15 is 0 Å². The highest BCUT2D eigenvalue weighted by atomic mass is 79.9. The van der Waals surface area contributed by atoms with Gasteiger partial charge in [0, 0.05) is 24.5 Å². The third-order valence-corrected chi connectivity index (χ3v) is 4.14. The first-order valence-corrected chi connectivity index (χ1v) is 8.05. The maximum Gasteiger partial charge on any atom is 0.220 e. The van der Waals surface area contributed by atoms with E-state index in [-0.39, 0.29) is 5.91 Å². The highest BCUT2D eigenvalue weighted by molar-refractivity contribution is 9.10. The number of benzene rings is 2. The van der Waals surface area contributed by atoms with Gasteiger partial charge in [-0.25, -0.2) is 0 Å². The molecule has 0 aliphatic heterocycles. The summed E-state index contributed by atoms with van der Waals surface area (Å²) in [5, 5.41) is 2.96. The number of methoxy groups -OCH3 is 1. The molecule has 0 atom stereocenters. The van der Waals surface area contributed by atoms with Gasteiger partial charge in [-0.05, 0) is 29.2 Å². The molecule has 0 saturated carbocycles. The summed E-state index contributed by atoms with van der Waals surface area (Å²) in [5.41, 5.74) is 3.35. The predicted molar refractivity (Wildman–Crippen MR) is 91.5 cm³/mol. The molecule has 0 spiro atoms. The number of hydrogen-bond donors (Lipinski definition) is 1. The number of nitrogens with one attached hydrogen (secondary N) is 1. The van der Waals surface area contributed by atoms with Crippen molar-refractivity contribution in [3.05, 3.63) is 69.7 Å². The first kappa shape index (κ1) is 16.7. The van der Waals surface area contributed by atoms with Crippen LogP contribution in [0.2, 0.25) is 0 Å². The summed E-state index contributed by atoms with van der Waals surface area (Å²) < 4.78 is 6.17. The average Bonchev–Trinajstić information content (AvgIpc) is 2.53. The van der Waals surface area contributed by atoms with Crippen molar-refractivity contribution in [3.63, 3.8) is 0 Å². The van der Waals surface area contributed by atoms with Gasteiger partial charge in [0.2, 0.25) is 5.91 Å². The number of hydrogen-bond acceptors (Lipinski definition) is 2. The Balaban J connectivity index is 1.80. The van der Waals surface area contributed by atoms with Crippen molar-refractivity contribution >= 4 is 21.8 Å². The molecule has 4 heteroatoms. The van der Waals surface area contributed by atoms with Crippen molar-refractivity contribution in [2.24, 2.45) is 0 Å². The minimum atomic E-state index is 0.0629. The second-order valence-corrected chi connectivity index (χ2v) is 5.98. The summed E-state index contributed by atoms with van der Waals surface area (Å²) in [6.45, 7) is 1.14. The van der Waals surface area contributed by atoms with Crippen LogP contribution in [0.1, 0.15) is 23.1 Å². The fourth-order valence-electron chi connectivity index (χ4n) is 2.23. The molecule has 3 nitrogen and oxygen atoms in total. The van der Waals surface area contributed by atoms with Gasteiger partial charge >= 0.3 is 0 Å². The third-order valence-electron chi connectivity index (χ3n) is 3.37. The summed E-state index contributed by atoms with van der Waals surface area (Å²) in [5.74, 6) is 0.0629. The van der Waals surface area contributed by atoms with E-state index in [1.54, 1.807) is 7.11 Å². The monoisotopic (exact) mass is 361 g/mol. The molecule has 0 aromatic heterocycles. The fourth-order valence-corrected chi connectivity index (χ4v) is 2.72. The van der Waals surface area contributed by atoms with E-state index < -0.39 is 0 Å². The quantitative estimate of drug-likeness (QED) is 0.813. The zero-order chi connectivity index (χ0) is 15.8. The van der Waals surface area contributed by atoms with Crippen LogP contribution in [0, 0.1) is 0 Å². The predicted octanol–water partition coefficient (Wildman–Crippen LogP) is 3.84. The number of carbonyl (C=O) groups is 1. The van der Waals surface area contributed by atoms with E-state index in [1.807, 2.05) is 42.5 Å². The lowest BCUT2D eigenvalue weighted by molar-refractivity contribution is -0.121.